The standard InChI is InChI=1S/C22H21N3O2/c1-3-18-12-17-8-7-11-20(27-15-16-13-23-24(2)14-16)21(17)22(26)25(18)19-9-5-4-6-10-19/h4-14H,3,15H2,1-2H3. The summed E-state index contributed by atoms with van der Waals surface area (Å²) in [5.74, 6) is 0.591. The SMILES string of the molecule is CCc1cc2cccc(OCc3cnn(C)c3)c2c(=O)n1-c1ccccc1. The molecule has 0 spiro atoms. The van der Waals surface area contributed by atoms with Crippen molar-refractivity contribution in [2.75, 3.05) is 0 Å². The first-order chi connectivity index (χ1) is 13.2. The number of aryl methyl sites for hydroxylation is 2. The summed E-state index contributed by atoms with van der Waals surface area (Å²) in [6, 6.07) is 17.5. The van der Waals surface area contributed by atoms with E-state index < -0.39 is 0 Å². The minimum absolute atomic E-state index is 0.0580. The molecule has 27 heavy (non-hydrogen) atoms. The van der Waals surface area contributed by atoms with Gasteiger partial charge < -0.3 is 4.74 Å². The van der Waals surface area contributed by atoms with E-state index in [0.29, 0.717) is 17.7 Å². The molecule has 4 rings (SSSR count). The van der Waals surface area contributed by atoms with Crippen LogP contribution >= 0.6 is 0 Å². The fourth-order valence-electron chi connectivity index (χ4n) is 3.33. The lowest BCUT2D eigenvalue weighted by molar-refractivity contribution is 0.309. The Kier molecular flexibility index (Phi) is 4.50. The van der Waals surface area contributed by atoms with E-state index in [-0.39, 0.29) is 5.56 Å². The van der Waals surface area contributed by atoms with Crippen LogP contribution in [-0.2, 0) is 20.1 Å². The molecule has 2 aromatic carbocycles. The van der Waals surface area contributed by atoms with Gasteiger partial charge in [-0.25, -0.2) is 0 Å². The van der Waals surface area contributed by atoms with E-state index in [0.717, 1.165) is 28.8 Å². The van der Waals surface area contributed by atoms with E-state index in [1.807, 2.05) is 61.8 Å². The number of para-hydroxylation sites is 1. The smallest absolute Gasteiger partial charge is 0.266 e. The average molecular weight is 359 g/mol. The van der Waals surface area contributed by atoms with Crippen molar-refractivity contribution in [2.24, 2.45) is 7.05 Å². The van der Waals surface area contributed by atoms with Gasteiger partial charge in [0.2, 0.25) is 0 Å². The number of ether oxygens (including phenoxy) is 1. The highest BCUT2D eigenvalue weighted by molar-refractivity contribution is 5.88. The molecular formula is C22H21N3O2. The molecular weight excluding hydrogens is 338 g/mol. The molecule has 0 fully saturated rings. The van der Waals surface area contributed by atoms with Gasteiger partial charge >= 0.3 is 0 Å². The third kappa shape index (κ3) is 3.24. The van der Waals surface area contributed by atoms with E-state index >= 15 is 0 Å². The lowest BCUT2D eigenvalue weighted by atomic mass is 10.1. The van der Waals surface area contributed by atoms with Crippen molar-refractivity contribution < 1.29 is 4.74 Å². The Morgan fingerprint density at radius 3 is 2.59 bits per heavy atom. The van der Waals surface area contributed by atoms with Gasteiger partial charge in [-0.2, -0.15) is 5.10 Å². The molecule has 0 amide bonds. The second kappa shape index (κ2) is 7.11. The number of benzene rings is 2. The van der Waals surface area contributed by atoms with Crippen LogP contribution in [0.2, 0.25) is 0 Å². The van der Waals surface area contributed by atoms with Crippen LogP contribution in [0.25, 0.3) is 16.5 Å². The summed E-state index contributed by atoms with van der Waals surface area (Å²) in [6.07, 6.45) is 4.44. The third-order valence-electron chi connectivity index (χ3n) is 4.61. The van der Waals surface area contributed by atoms with Crippen LogP contribution in [0.15, 0.2) is 71.8 Å². The highest BCUT2D eigenvalue weighted by Gasteiger charge is 2.14. The predicted octanol–water partition coefficient (Wildman–Crippen LogP) is 3.87. The maximum Gasteiger partial charge on any atom is 0.266 e. The molecule has 4 aromatic rings. The molecule has 136 valence electrons. The summed E-state index contributed by atoms with van der Waals surface area (Å²) in [7, 11) is 1.87. The van der Waals surface area contributed by atoms with Crippen molar-refractivity contribution in [1.29, 1.82) is 0 Å². The van der Waals surface area contributed by atoms with Crippen molar-refractivity contribution in [3.63, 3.8) is 0 Å². The van der Waals surface area contributed by atoms with E-state index in [2.05, 4.69) is 18.1 Å². The van der Waals surface area contributed by atoms with Crippen LogP contribution in [0.5, 0.6) is 5.75 Å². The normalized spacial score (nSPS) is 11.0. The number of nitrogens with zero attached hydrogens (tertiary/aromatic N) is 3. The maximum absolute atomic E-state index is 13.4. The maximum atomic E-state index is 13.4. The molecule has 0 aliphatic rings. The first-order valence-corrected chi connectivity index (χ1v) is 9.00. The highest BCUT2D eigenvalue weighted by Crippen LogP contribution is 2.25. The van der Waals surface area contributed by atoms with Crippen LogP contribution in [0.1, 0.15) is 18.2 Å². The lowest BCUT2D eigenvalue weighted by Gasteiger charge is -2.15. The molecule has 0 aliphatic heterocycles. The number of fused-ring (bicyclic) bond motifs is 1. The minimum atomic E-state index is -0.0580. The number of pyridine rings is 1. The summed E-state index contributed by atoms with van der Waals surface area (Å²) >= 11 is 0. The number of rotatable bonds is 5. The Balaban J connectivity index is 1.85. The first kappa shape index (κ1) is 17.1. The summed E-state index contributed by atoms with van der Waals surface area (Å²) in [6.45, 7) is 2.43. The van der Waals surface area contributed by atoms with Crippen LogP contribution in [-0.4, -0.2) is 14.3 Å². The quantitative estimate of drug-likeness (QED) is 0.544. The molecule has 0 atom stereocenters. The van der Waals surface area contributed by atoms with Crippen molar-refractivity contribution in [1.82, 2.24) is 14.3 Å². The van der Waals surface area contributed by atoms with Crippen LogP contribution in [0.3, 0.4) is 0 Å². The van der Waals surface area contributed by atoms with Crippen molar-refractivity contribution in [3.8, 4) is 11.4 Å². The topological polar surface area (TPSA) is 49.1 Å². The molecule has 0 aliphatic carbocycles. The fraction of sp³-hybridized carbons (Fsp3) is 0.182. The zero-order chi connectivity index (χ0) is 18.8. The second-order valence-corrected chi connectivity index (χ2v) is 6.50. The largest absolute Gasteiger partial charge is 0.488 e. The summed E-state index contributed by atoms with van der Waals surface area (Å²) < 4.78 is 9.51. The molecule has 5 heteroatoms. The van der Waals surface area contributed by atoms with Gasteiger partial charge in [0.25, 0.3) is 5.56 Å². The summed E-state index contributed by atoms with van der Waals surface area (Å²) in [5.41, 5.74) is 2.74. The molecule has 0 saturated carbocycles. The predicted molar refractivity (Wildman–Crippen MR) is 106 cm³/mol. The number of hydrogen-bond donors (Lipinski definition) is 0. The van der Waals surface area contributed by atoms with Gasteiger partial charge in [-0.05, 0) is 36.1 Å². The first-order valence-electron chi connectivity index (χ1n) is 9.00. The molecule has 0 unspecified atom stereocenters. The third-order valence-corrected chi connectivity index (χ3v) is 4.61. The molecule has 5 nitrogen and oxygen atoms in total. The van der Waals surface area contributed by atoms with Crippen LogP contribution in [0.4, 0.5) is 0 Å². The second-order valence-electron chi connectivity index (χ2n) is 6.50. The van der Waals surface area contributed by atoms with Crippen molar-refractivity contribution in [3.05, 3.63) is 88.6 Å². The molecule has 0 bridgehead atoms. The molecule has 2 aromatic heterocycles. The number of aromatic nitrogens is 3. The van der Waals surface area contributed by atoms with E-state index in [4.69, 9.17) is 4.74 Å². The van der Waals surface area contributed by atoms with Gasteiger partial charge in [-0.1, -0.05) is 37.3 Å². The van der Waals surface area contributed by atoms with E-state index in [1.54, 1.807) is 15.4 Å². The Bertz CT molecular complexity index is 1140. The van der Waals surface area contributed by atoms with E-state index in [1.165, 1.54) is 0 Å². The molecule has 0 saturated heterocycles. The Morgan fingerprint density at radius 2 is 1.89 bits per heavy atom. The van der Waals surface area contributed by atoms with Gasteiger partial charge in [0.05, 0.1) is 11.6 Å². The zero-order valence-electron chi connectivity index (χ0n) is 15.4. The van der Waals surface area contributed by atoms with Crippen molar-refractivity contribution in [2.45, 2.75) is 20.0 Å². The zero-order valence-corrected chi connectivity index (χ0v) is 15.4. The Morgan fingerprint density at radius 1 is 1.07 bits per heavy atom. The molecule has 0 N–H and O–H groups in total. The number of hydrogen-bond acceptors (Lipinski definition) is 3. The summed E-state index contributed by atoms with van der Waals surface area (Å²) in [5, 5.41) is 5.65. The van der Waals surface area contributed by atoms with Crippen molar-refractivity contribution >= 4 is 10.8 Å². The fourth-order valence-corrected chi connectivity index (χ4v) is 3.33. The van der Waals surface area contributed by atoms with Crippen LogP contribution in [0, 0.1) is 0 Å². The van der Waals surface area contributed by atoms with Crippen LogP contribution < -0.4 is 10.3 Å². The average Bonchev–Trinajstić information content (AvgIpc) is 3.11. The summed E-state index contributed by atoms with van der Waals surface area (Å²) in [4.78, 5) is 13.4. The molecule has 0 radical (unpaired) electrons. The highest BCUT2D eigenvalue weighted by atomic mass is 16.5. The van der Waals surface area contributed by atoms with Gasteiger partial charge in [0.1, 0.15) is 12.4 Å². The van der Waals surface area contributed by atoms with Gasteiger partial charge in [-0.3, -0.25) is 14.0 Å². The lowest BCUT2D eigenvalue weighted by Crippen LogP contribution is -2.22. The monoisotopic (exact) mass is 359 g/mol. The Labute approximate surface area is 157 Å². The van der Waals surface area contributed by atoms with E-state index in [9.17, 15) is 4.79 Å². The van der Waals surface area contributed by atoms with Gasteiger partial charge in [-0.15, -0.1) is 0 Å². The van der Waals surface area contributed by atoms with Gasteiger partial charge in [0, 0.05) is 30.2 Å². The minimum Gasteiger partial charge on any atom is -0.488 e. The Hall–Kier alpha value is -3.34. The van der Waals surface area contributed by atoms with Gasteiger partial charge in [0.15, 0.2) is 0 Å². The molecule has 2 heterocycles.